The second-order valence-corrected chi connectivity index (χ2v) is 3.36. The Morgan fingerprint density at radius 2 is 2.38 bits per heavy atom. The first-order valence-electron chi connectivity index (χ1n) is 4.38. The van der Waals surface area contributed by atoms with E-state index in [2.05, 4.69) is 20.3 Å². The van der Waals surface area contributed by atoms with Crippen LogP contribution in [0.2, 0.25) is 0 Å². The zero-order chi connectivity index (χ0) is 9.68. The molecule has 0 aromatic carbocycles. The minimum atomic E-state index is -0.487. The largest absolute Gasteiger partial charge is 0.387 e. The number of nitrogens with zero attached hydrogens (tertiary/aromatic N) is 3. The summed E-state index contributed by atoms with van der Waals surface area (Å²) in [6, 6.07) is 0. The number of rotatable bonds is 5. The van der Waals surface area contributed by atoms with Crippen molar-refractivity contribution < 1.29 is 5.11 Å². The highest BCUT2D eigenvalue weighted by Crippen LogP contribution is 2.13. The molecule has 0 aliphatic rings. The summed E-state index contributed by atoms with van der Waals surface area (Å²) < 4.78 is 0. The van der Waals surface area contributed by atoms with Crippen LogP contribution in [0.25, 0.3) is 0 Å². The van der Waals surface area contributed by atoms with Crippen LogP contribution in [-0.4, -0.2) is 46.1 Å². The van der Waals surface area contributed by atoms with Crippen LogP contribution in [0.5, 0.6) is 0 Å². The Balaban J connectivity index is 2.22. The fraction of sp³-hybridized carbons (Fsp3) is 0.750. The average molecular weight is 184 g/mol. The molecule has 2 N–H and O–H groups in total. The maximum absolute atomic E-state index is 9.58. The molecule has 13 heavy (non-hydrogen) atoms. The molecule has 0 fully saturated rings. The lowest BCUT2D eigenvalue weighted by Crippen LogP contribution is -2.13. The lowest BCUT2D eigenvalue weighted by Gasteiger charge is -2.10. The highest BCUT2D eigenvalue weighted by molar-refractivity contribution is 4.95. The number of nitrogens with one attached hydrogen (secondary N) is 1. The van der Waals surface area contributed by atoms with Crippen LogP contribution >= 0.6 is 0 Å². The van der Waals surface area contributed by atoms with E-state index in [4.69, 9.17) is 0 Å². The predicted octanol–water partition coefficient (Wildman–Crippen LogP) is 0.180. The van der Waals surface area contributed by atoms with E-state index in [1.54, 1.807) is 6.20 Å². The lowest BCUT2D eigenvalue weighted by molar-refractivity contribution is 0.155. The molecule has 1 unspecified atom stereocenters. The number of aromatic nitrogens is 3. The van der Waals surface area contributed by atoms with Gasteiger partial charge in [0.2, 0.25) is 0 Å². The summed E-state index contributed by atoms with van der Waals surface area (Å²) in [5, 5.41) is 19.5. The molecule has 0 saturated heterocycles. The molecular formula is C8H16N4O. The van der Waals surface area contributed by atoms with E-state index in [9.17, 15) is 5.11 Å². The SMILES string of the molecule is CN(C)CCCC(O)c1cn[nH]n1. The zero-order valence-electron chi connectivity index (χ0n) is 8.06. The molecule has 1 aromatic rings. The first kappa shape index (κ1) is 10.1. The van der Waals surface area contributed by atoms with E-state index in [-0.39, 0.29) is 0 Å². The van der Waals surface area contributed by atoms with Crippen LogP contribution in [0.4, 0.5) is 0 Å². The molecule has 0 radical (unpaired) electrons. The first-order chi connectivity index (χ1) is 6.20. The molecule has 74 valence electrons. The third-order valence-electron chi connectivity index (χ3n) is 1.86. The molecule has 1 aromatic heterocycles. The number of aromatic amines is 1. The summed E-state index contributed by atoms with van der Waals surface area (Å²) in [5.74, 6) is 0. The van der Waals surface area contributed by atoms with Crippen LogP contribution in [0.1, 0.15) is 24.6 Å². The van der Waals surface area contributed by atoms with Crippen LogP contribution in [0.15, 0.2) is 6.20 Å². The van der Waals surface area contributed by atoms with Gasteiger partial charge in [-0.2, -0.15) is 15.4 Å². The van der Waals surface area contributed by atoms with Gasteiger partial charge in [0.05, 0.1) is 12.3 Å². The van der Waals surface area contributed by atoms with Crippen molar-refractivity contribution in [1.29, 1.82) is 0 Å². The molecule has 0 aliphatic heterocycles. The minimum absolute atomic E-state index is 0.487. The molecule has 0 amide bonds. The topological polar surface area (TPSA) is 65.0 Å². The van der Waals surface area contributed by atoms with Gasteiger partial charge in [0, 0.05) is 0 Å². The molecule has 0 saturated carbocycles. The van der Waals surface area contributed by atoms with Gasteiger partial charge in [-0.05, 0) is 33.5 Å². The smallest absolute Gasteiger partial charge is 0.111 e. The highest BCUT2D eigenvalue weighted by Gasteiger charge is 2.09. The minimum Gasteiger partial charge on any atom is -0.387 e. The van der Waals surface area contributed by atoms with Crippen molar-refractivity contribution in [2.24, 2.45) is 0 Å². The van der Waals surface area contributed by atoms with E-state index < -0.39 is 6.10 Å². The number of hydrogen-bond donors (Lipinski definition) is 2. The van der Waals surface area contributed by atoms with E-state index in [0.717, 1.165) is 19.4 Å². The number of aliphatic hydroxyl groups excluding tert-OH is 1. The summed E-state index contributed by atoms with van der Waals surface area (Å²) in [6.07, 6.45) is 2.75. The average Bonchev–Trinajstić information content (AvgIpc) is 2.55. The third-order valence-corrected chi connectivity index (χ3v) is 1.86. The predicted molar refractivity (Wildman–Crippen MR) is 49.1 cm³/mol. The first-order valence-corrected chi connectivity index (χ1v) is 4.38. The van der Waals surface area contributed by atoms with Crippen molar-refractivity contribution in [3.8, 4) is 0 Å². The normalized spacial score (nSPS) is 13.5. The van der Waals surface area contributed by atoms with Crippen LogP contribution in [0.3, 0.4) is 0 Å². The quantitative estimate of drug-likeness (QED) is 0.685. The van der Waals surface area contributed by atoms with Crippen molar-refractivity contribution in [3.63, 3.8) is 0 Å². The molecule has 0 aliphatic carbocycles. The van der Waals surface area contributed by atoms with Gasteiger partial charge in [0.1, 0.15) is 5.69 Å². The number of aliphatic hydroxyl groups is 1. The van der Waals surface area contributed by atoms with Crippen molar-refractivity contribution in [3.05, 3.63) is 11.9 Å². The molecule has 1 atom stereocenters. The molecule has 5 heteroatoms. The molecule has 0 bridgehead atoms. The van der Waals surface area contributed by atoms with Crippen molar-refractivity contribution in [2.45, 2.75) is 18.9 Å². The second kappa shape index (κ2) is 4.94. The molecule has 0 spiro atoms. The van der Waals surface area contributed by atoms with Crippen molar-refractivity contribution in [1.82, 2.24) is 20.3 Å². The number of H-pyrrole nitrogens is 1. The van der Waals surface area contributed by atoms with Crippen LogP contribution in [0, 0.1) is 0 Å². The van der Waals surface area contributed by atoms with Gasteiger partial charge >= 0.3 is 0 Å². The maximum atomic E-state index is 9.58. The Morgan fingerprint density at radius 1 is 1.62 bits per heavy atom. The van der Waals surface area contributed by atoms with E-state index in [1.165, 1.54) is 0 Å². The summed E-state index contributed by atoms with van der Waals surface area (Å²) in [7, 11) is 4.03. The zero-order valence-corrected chi connectivity index (χ0v) is 8.06. The Bertz CT molecular complexity index is 222. The van der Waals surface area contributed by atoms with Gasteiger partial charge in [-0.3, -0.25) is 0 Å². The Hall–Kier alpha value is -0.940. The Labute approximate surface area is 77.8 Å². The van der Waals surface area contributed by atoms with Gasteiger partial charge in [-0.15, -0.1) is 0 Å². The fourth-order valence-corrected chi connectivity index (χ4v) is 1.12. The van der Waals surface area contributed by atoms with E-state index >= 15 is 0 Å². The van der Waals surface area contributed by atoms with Gasteiger partial charge in [0.25, 0.3) is 0 Å². The molecule has 5 nitrogen and oxygen atoms in total. The summed E-state index contributed by atoms with van der Waals surface area (Å²) in [4.78, 5) is 2.09. The van der Waals surface area contributed by atoms with E-state index in [1.807, 2.05) is 14.1 Å². The van der Waals surface area contributed by atoms with Gasteiger partial charge in [-0.25, -0.2) is 0 Å². The molecule has 1 rings (SSSR count). The summed E-state index contributed by atoms with van der Waals surface area (Å²) >= 11 is 0. The number of hydrogen-bond acceptors (Lipinski definition) is 4. The van der Waals surface area contributed by atoms with Gasteiger partial charge < -0.3 is 10.0 Å². The summed E-state index contributed by atoms with van der Waals surface area (Å²) in [5.41, 5.74) is 0.624. The second-order valence-electron chi connectivity index (χ2n) is 3.36. The van der Waals surface area contributed by atoms with E-state index in [0.29, 0.717) is 5.69 Å². The molecular weight excluding hydrogens is 168 g/mol. The van der Waals surface area contributed by atoms with Crippen molar-refractivity contribution in [2.75, 3.05) is 20.6 Å². The van der Waals surface area contributed by atoms with Crippen molar-refractivity contribution >= 4 is 0 Å². The maximum Gasteiger partial charge on any atom is 0.111 e. The summed E-state index contributed by atoms with van der Waals surface area (Å²) in [6.45, 7) is 0.981. The Morgan fingerprint density at radius 3 is 2.92 bits per heavy atom. The van der Waals surface area contributed by atoms with Crippen LogP contribution < -0.4 is 0 Å². The van der Waals surface area contributed by atoms with Gasteiger partial charge in [0.15, 0.2) is 0 Å². The highest BCUT2D eigenvalue weighted by atomic mass is 16.3. The van der Waals surface area contributed by atoms with Crippen LogP contribution in [-0.2, 0) is 0 Å². The fourth-order valence-electron chi connectivity index (χ4n) is 1.12. The molecule has 1 heterocycles. The third kappa shape index (κ3) is 3.52. The van der Waals surface area contributed by atoms with Gasteiger partial charge in [-0.1, -0.05) is 0 Å². The standard InChI is InChI=1S/C8H16N4O/c1-12(2)5-3-4-8(13)7-6-9-11-10-7/h6,8,13H,3-5H2,1-2H3,(H,9,10,11). The lowest BCUT2D eigenvalue weighted by atomic mass is 10.1. The monoisotopic (exact) mass is 184 g/mol. The Kier molecular flexibility index (Phi) is 3.85.